The van der Waals surface area contributed by atoms with Crippen LogP contribution < -0.4 is 19.7 Å². The molecule has 138 valence electrons. The molecule has 1 aliphatic heterocycles. The van der Waals surface area contributed by atoms with Gasteiger partial charge in [0.2, 0.25) is 5.95 Å². The minimum atomic E-state index is -0.577. The molecule has 0 bridgehead atoms. The number of hydrogen-bond donors (Lipinski definition) is 1. The lowest BCUT2D eigenvalue weighted by atomic mass is 10.1. The van der Waals surface area contributed by atoms with Crippen LogP contribution in [-0.4, -0.2) is 48.2 Å². The van der Waals surface area contributed by atoms with E-state index in [1.54, 1.807) is 56.8 Å². The highest BCUT2D eigenvalue weighted by Crippen LogP contribution is 2.19. The number of aromatic nitrogens is 2. The fourth-order valence-electron chi connectivity index (χ4n) is 2.96. The van der Waals surface area contributed by atoms with Crippen LogP contribution in [0.25, 0.3) is 0 Å². The molecule has 1 aromatic carbocycles. The number of carbonyl (C=O) groups is 1. The summed E-state index contributed by atoms with van der Waals surface area (Å²) in [7, 11) is 1.61. The summed E-state index contributed by atoms with van der Waals surface area (Å²) in [5, 5.41) is 3.08. The molecule has 1 aromatic heterocycles. The number of rotatable bonds is 6. The number of methoxy groups -OCH3 is 1. The second kappa shape index (κ2) is 8.51. The highest BCUT2D eigenvalue weighted by molar-refractivity contribution is 5.81. The Kier molecular flexibility index (Phi) is 5.88. The fourth-order valence-corrected chi connectivity index (χ4v) is 2.96. The molecule has 26 heavy (non-hydrogen) atoms. The number of anilines is 1. The predicted octanol–water partition coefficient (Wildman–Crippen LogP) is 2.04. The van der Waals surface area contributed by atoms with Gasteiger partial charge in [-0.25, -0.2) is 9.97 Å². The number of carbonyl (C=O) groups excluding carboxylic acids is 1. The van der Waals surface area contributed by atoms with Crippen LogP contribution in [0.2, 0.25) is 0 Å². The first kappa shape index (κ1) is 18.0. The van der Waals surface area contributed by atoms with Gasteiger partial charge in [-0.3, -0.25) is 4.79 Å². The van der Waals surface area contributed by atoms with E-state index in [1.165, 1.54) is 0 Å². The Labute approximate surface area is 153 Å². The first-order valence-electron chi connectivity index (χ1n) is 8.79. The van der Waals surface area contributed by atoms with E-state index < -0.39 is 6.10 Å². The van der Waals surface area contributed by atoms with Gasteiger partial charge in [0.15, 0.2) is 6.10 Å². The number of nitrogens with one attached hydrogen (secondary N) is 1. The number of ether oxygens (including phenoxy) is 2. The number of amides is 1. The van der Waals surface area contributed by atoms with Gasteiger partial charge in [0.1, 0.15) is 11.5 Å². The molecular formula is C19H24N4O3. The molecular weight excluding hydrogens is 332 g/mol. The van der Waals surface area contributed by atoms with Crippen LogP contribution in [-0.2, 0) is 4.79 Å². The van der Waals surface area contributed by atoms with Crippen molar-refractivity contribution >= 4 is 11.9 Å². The summed E-state index contributed by atoms with van der Waals surface area (Å²) in [5.74, 6) is 1.96. The van der Waals surface area contributed by atoms with E-state index in [2.05, 4.69) is 20.2 Å². The summed E-state index contributed by atoms with van der Waals surface area (Å²) in [6.45, 7) is 3.35. The van der Waals surface area contributed by atoms with Crippen LogP contribution in [0.1, 0.15) is 19.8 Å². The number of piperidine rings is 1. The van der Waals surface area contributed by atoms with E-state index in [0.29, 0.717) is 18.2 Å². The van der Waals surface area contributed by atoms with Crippen molar-refractivity contribution in [3.63, 3.8) is 0 Å². The average Bonchev–Trinajstić information content (AvgIpc) is 2.69. The lowest BCUT2D eigenvalue weighted by Crippen LogP contribution is -2.51. The Balaban J connectivity index is 1.53. The zero-order valence-electron chi connectivity index (χ0n) is 15.1. The molecule has 2 unspecified atom stereocenters. The Morgan fingerprint density at radius 2 is 1.92 bits per heavy atom. The summed E-state index contributed by atoms with van der Waals surface area (Å²) in [5.41, 5.74) is 0. The van der Waals surface area contributed by atoms with Crippen LogP contribution in [0.5, 0.6) is 11.5 Å². The third-order valence-electron chi connectivity index (χ3n) is 4.34. The van der Waals surface area contributed by atoms with Crippen molar-refractivity contribution in [2.24, 2.45) is 0 Å². The number of benzene rings is 1. The van der Waals surface area contributed by atoms with Crippen LogP contribution in [0.15, 0.2) is 42.7 Å². The van der Waals surface area contributed by atoms with Crippen molar-refractivity contribution in [1.82, 2.24) is 15.3 Å². The Morgan fingerprint density at radius 1 is 1.23 bits per heavy atom. The number of hydrogen-bond acceptors (Lipinski definition) is 6. The van der Waals surface area contributed by atoms with Gasteiger partial charge < -0.3 is 19.7 Å². The molecule has 0 radical (unpaired) electrons. The maximum absolute atomic E-state index is 12.5. The minimum absolute atomic E-state index is 0.0574. The SMILES string of the molecule is COc1ccc(OC(C)C(=O)NC2CCCN(c3ncccn3)C2)cc1. The van der Waals surface area contributed by atoms with E-state index in [4.69, 9.17) is 9.47 Å². The molecule has 3 rings (SSSR count). The van der Waals surface area contributed by atoms with Crippen molar-refractivity contribution in [3.05, 3.63) is 42.7 Å². The van der Waals surface area contributed by atoms with E-state index in [1.807, 2.05) is 0 Å². The summed E-state index contributed by atoms with van der Waals surface area (Å²) in [4.78, 5) is 23.1. The molecule has 1 aliphatic rings. The van der Waals surface area contributed by atoms with E-state index in [0.717, 1.165) is 25.1 Å². The third-order valence-corrected chi connectivity index (χ3v) is 4.34. The molecule has 0 spiro atoms. The van der Waals surface area contributed by atoms with Gasteiger partial charge in [0, 0.05) is 31.5 Å². The fraction of sp³-hybridized carbons (Fsp3) is 0.421. The average molecular weight is 356 g/mol. The Hall–Kier alpha value is -2.83. The second-order valence-electron chi connectivity index (χ2n) is 6.28. The largest absolute Gasteiger partial charge is 0.497 e. The quantitative estimate of drug-likeness (QED) is 0.854. The predicted molar refractivity (Wildman–Crippen MR) is 98.5 cm³/mol. The zero-order valence-corrected chi connectivity index (χ0v) is 15.1. The van der Waals surface area contributed by atoms with Crippen molar-refractivity contribution in [2.75, 3.05) is 25.1 Å². The van der Waals surface area contributed by atoms with Gasteiger partial charge in [-0.1, -0.05) is 0 Å². The van der Waals surface area contributed by atoms with Gasteiger partial charge in [-0.15, -0.1) is 0 Å². The van der Waals surface area contributed by atoms with Crippen molar-refractivity contribution in [2.45, 2.75) is 31.9 Å². The molecule has 0 aliphatic carbocycles. The van der Waals surface area contributed by atoms with Gasteiger partial charge in [-0.2, -0.15) is 0 Å². The molecule has 7 nitrogen and oxygen atoms in total. The standard InChI is InChI=1S/C19H24N4O3/c1-14(26-17-8-6-16(25-2)7-9-17)18(24)22-15-5-3-12-23(13-15)19-20-10-4-11-21-19/h4,6-11,14-15H,3,5,12-13H2,1-2H3,(H,22,24). The highest BCUT2D eigenvalue weighted by Gasteiger charge is 2.25. The Bertz CT molecular complexity index is 708. The summed E-state index contributed by atoms with van der Waals surface area (Å²) in [6, 6.07) is 9.04. The van der Waals surface area contributed by atoms with E-state index in [-0.39, 0.29) is 11.9 Å². The molecule has 0 saturated carbocycles. The molecule has 7 heteroatoms. The lowest BCUT2D eigenvalue weighted by molar-refractivity contribution is -0.128. The maximum atomic E-state index is 12.5. The first-order valence-corrected chi connectivity index (χ1v) is 8.79. The van der Waals surface area contributed by atoms with Crippen LogP contribution in [0, 0.1) is 0 Å². The van der Waals surface area contributed by atoms with E-state index in [9.17, 15) is 4.79 Å². The van der Waals surface area contributed by atoms with Gasteiger partial charge >= 0.3 is 0 Å². The second-order valence-corrected chi connectivity index (χ2v) is 6.28. The van der Waals surface area contributed by atoms with Gasteiger partial charge in [0.05, 0.1) is 7.11 Å². The number of nitrogens with zero attached hydrogens (tertiary/aromatic N) is 3. The highest BCUT2D eigenvalue weighted by atomic mass is 16.5. The molecule has 1 N–H and O–H groups in total. The summed E-state index contributed by atoms with van der Waals surface area (Å²) < 4.78 is 10.8. The monoisotopic (exact) mass is 356 g/mol. The molecule has 1 amide bonds. The molecule has 2 atom stereocenters. The normalized spacial score (nSPS) is 18.1. The lowest BCUT2D eigenvalue weighted by Gasteiger charge is -2.33. The van der Waals surface area contributed by atoms with Crippen molar-refractivity contribution in [1.29, 1.82) is 0 Å². The Morgan fingerprint density at radius 3 is 2.62 bits per heavy atom. The van der Waals surface area contributed by atoms with Crippen LogP contribution >= 0.6 is 0 Å². The van der Waals surface area contributed by atoms with Crippen LogP contribution in [0.3, 0.4) is 0 Å². The summed E-state index contributed by atoms with van der Waals surface area (Å²) >= 11 is 0. The summed E-state index contributed by atoms with van der Waals surface area (Å²) in [6.07, 6.45) is 4.80. The maximum Gasteiger partial charge on any atom is 0.261 e. The van der Waals surface area contributed by atoms with Gasteiger partial charge in [-0.05, 0) is 50.1 Å². The third kappa shape index (κ3) is 4.62. The van der Waals surface area contributed by atoms with Crippen LogP contribution in [0.4, 0.5) is 5.95 Å². The van der Waals surface area contributed by atoms with Crippen molar-refractivity contribution < 1.29 is 14.3 Å². The minimum Gasteiger partial charge on any atom is -0.497 e. The van der Waals surface area contributed by atoms with E-state index >= 15 is 0 Å². The molecule has 2 aromatic rings. The molecule has 1 saturated heterocycles. The first-order chi connectivity index (χ1) is 12.7. The smallest absolute Gasteiger partial charge is 0.261 e. The molecule has 2 heterocycles. The topological polar surface area (TPSA) is 76.6 Å². The molecule has 1 fully saturated rings. The zero-order chi connectivity index (χ0) is 18.4. The van der Waals surface area contributed by atoms with Crippen molar-refractivity contribution in [3.8, 4) is 11.5 Å². The van der Waals surface area contributed by atoms with Gasteiger partial charge in [0.25, 0.3) is 5.91 Å².